The van der Waals surface area contributed by atoms with Gasteiger partial charge >= 0.3 is 0 Å². The molecule has 0 unspecified atom stereocenters. The van der Waals surface area contributed by atoms with Gasteiger partial charge in [0.25, 0.3) is 5.91 Å². The van der Waals surface area contributed by atoms with Gasteiger partial charge in [0, 0.05) is 60.9 Å². The lowest BCUT2D eigenvalue weighted by Crippen LogP contribution is -2.48. The fourth-order valence-corrected chi connectivity index (χ4v) is 12.3. The quantitative estimate of drug-likeness (QED) is 0.323. The summed E-state index contributed by atoms with van der Waals surface area (Å²) in [6.45, 7) is 7.28. The molecular weight excluding hydrogens is 689 g/mol. The third kappa shape index (κ3) is 6.00. The maximum Gasteiger partial charge on any atom is 0.264 e. The number of aliphatic hydroxyl groups excluding tert-OH is 1. The molecule has 3 aromatic carbocycles. The van der Waals surface area contributed by atoms with Gasteiger partial charge in [0.2, 0.25) is 17.7 Å². The van der Waals surface area contributed by atoms with Crippen LogP contribution in [0.5, 0.6) is 0 Å². The van der Waals surface area contributed by atoms with Crippen molar-refractivity contribution in [2.75, 3.05) is 34.4 Å². The van der Waals surface area contributed by atoms with E-state index in [0.29, 0.717) is 55.8 Å². The Morgan fingerprint density at radius 2 is 1.58 bits per heavy atom. The van der Waals surface area contributed by atoms with E-state index in [4.69, 9.17) is 4.74 Å². The van der Waals surface area contributed by atoms with Crippen molar-refractivity contribution in [1.29, 1.82) is 0 Å². The minimum atomic E-state index is -3.09. The van der Waals surface area contributed by atoms with Crippen LogP contribution in [0.15, 0.2) is 66.7 Å². The Kier molecular flexibility index (Phi) is 9.08. The van der Waals surface area contributed by atoms with Crippen LogP contribution in [-0.2, 0) is 49.0 Å². The molecule has 2 N–H and O–H groups in total. The van der Waals surface area contributed by atoms with Gasteiger partial charge < -0.3 is 34.2 Å². The third-order valence-corrected chi connectivity index (χ3v) is 14.8. The molecule has 0 bridgehead atoms. The van der Waals surface area contributed by atoms with Gasteiger partial charge in [-0.15, -0.1) is 0 Å². The van der Waals surface area contributed by atoms with Crippen LogP contribution in [0.4, 0.5) is 17.1 Å². The Morgan fingerprint density at radius 1 is 0.906 bits per heavy atom. The molecule has 3 aromatic rings. The van der Waals surface area contributed by atoms with Crippen LogP contribution in [0.25, 0.3) is 0 Å². The number of ether oxygens (including phenoxy) is 1. The van der Waals surface area contributed by atoms with E-state index >= 15 is 4.79 Å². The lowest BCUT2D eigenvalue weighted by Gasteiger charge is -2.37. The van der Waals surface area contributed by atoms with Crippen molar-refractivity contribution >= 4 is 49.0 Å². The maximum atomic E-state index is 15.2. The number of benzene rings is 3. The smallest absolute Gasteiger partial charge is 0.264 e. The Labute approximate surface area is 311 Å². The molecule has 4 amide bonds. The largest absolute Gasteiger partial charge is 0.432 e. The molecule has 0 radical (unpaired) electrons. The van der Waals surface area contributed by atoms with Crippen LogP contribution in [0.1, 0.15) is 61.3 Å². The Balaban J connectivity index is 1.17. The Bertz CT molecular complexity index is 1980. The second-order valence-electron chi connectivity index (χ2n) is 16.0. The van der Waals surface area contributed by atoms with E-state index in [-0.39, 0.29) is 49.2 Å². The van der Waals surface area contributed by atoms with E-state index < -0.39 is 31.5 Å². The molecule has 3 saturated heterocycles. The molecule has 0 aliphatic carbocycles. The number of fused-ring (bicyclic) bond motifs is 3. The van der Waals surface area contributed by atoms with Crippen LogP contribution in [0, 0.1) is 5.92 Å². The number of carbonyl (C=O) groups is 4. The minimum absolute atomic E-state index is 0.0284. The van der Waals surface area contributed by atoms with Gasteiger partial charge in [-0.2, -0.15) is 0 Å². The highest BCUT2D eigenvalue weighted by Crippen LogP contribution is 2.60. The summed E-state index contributed by atoms with van der Waals surface area (Å²) in [6.07, 6.45) is 2.26. The monoisotopic (exact) mass is 736 g/mol. The summed E-state index contributed by atoms with van der Waals surface area (Å²) in [5.41, 5.74) is 3.80. The predicted molar refractivity (Wildman–Crippen MR) is 203 cm³/mol. The van der Waals surface area contributed by atoms with Crippen molar-refractivity contribution in [1.82, 2.24) is 4.90 Å². The first kappa shape index (κ1) is 35.7. The number of anilines is 3. The fourth-order valence-electron chi connectivity index (χ4n) is 9.77. The second kappa shape index (κ2) is 13.5. The number of aliphatic hydroxyl groups is 1. The zero-order chi connectivity index (χ0) is 37.2. The minimum Gasteiger partial charge on any atom is -0.432 e. The summed E-state index contributed by atoms with van der Waals surface area (Å²) in [6, 6.07) is 21.0. The highest BCUT2D eigenvalue weighted by atomic mass is 28.4. The van der Waals surface area contributed by atoms with Crippen LogP contribution < -0.4 is 14.7 Å². The van der Waals surface area contributed by atoms with Gasteiger partial charge in [0.1, 0.15) is 0 Å². The van der Waals surface area contributed by atoms with E-state index in [9.17, 15) is 24.3 Å². The van der Waals surface area contributed by atoms with E-state index in [1.54, 1.807) is 19.6 Å². The Hall–Kier alpha value is -4.36. The topological polar surface area (TPSA) is 131 Å². The van der Waals surface area contributed by atoms with Crippen LogP contribution in [0.3, 0.4) is 0 Å². The highest BCUT2D eigenvalue weighted by Gasteiger charge is 2.66. The summed E-state index contributed by atoms with van der Waals surface area (Å²) < 4.78 is 7.05. The number of rotatable bonds is 8. The maximum absolute atomic E-state index is 15.2. The molecule has 5 atom stereocenters. The SMILES string of the molecule is C[C@@H]1[C@@H]([Si](C)(C)O)[C@H](CC(=O)N2Cc3ccccc3C[C@H]2CO)O[C@@]12C(=O)N(Cc1cccc(N3CCCC3=O)c1)c1ccc(N3CCCC3=O)cc12. The molecule has 1 spiro atoms. The summed E-state index contributed by atoms with van der Waals surface area (Å²) in [7, 11) is -3.09. The van der Waals surface area contributed by atoms with Crippen LogP contribution >= 0.6 is 0 Å². The molecule has 5 aliphatic heterocycles. The normalized spacial score (nSPS) is 27.0. The van der Waals surface area contributed by atoms with Gasteiger partial charge in [-0.3, -0.25) is 19.2 Å². The van der Waals surface area contributed by atoms with E-state index in [2.05, 4.69) is 0 Å². The van der Waals surface area contributed by atoms with Gasteiger partial charge in [-0.1, -0.05) is 43.3 Å². The summed E-state index contributed by atoms with van der Waals surface area (Å²) in [5.74, 6) is -0.853. The fraction of sp³-hybridized carbons (Fsp3) is 0.463. The van der Waals surface area contributed by atoms with Crippen molar-refractivity contribution in [3.63, 3.8) is 0 Å². The number of nitrogens with zero attached hydrogens (tertiary/aromatic N) is 4. The van der Waals surface area contributed by atoms with E-state index in [1.807, 2.05) is 86.7 Å². The Morgan fingerprint density at radius 3 is 2.23 bits per heavy atom. The highest BCUT2D eigenvalue weighted by molar-refractivity contribution is 6.71. The lowest BCUT2D eigenvalue weighted by molar-refractivity contribution is -0.151. The third-order valence-electron chi connectivity index (χ3n) is 12.3. The molecule has 8 rings (SSSR count). The van der Waals surface area contributed by atoms with Crippen LogP contribution in [-0.4, -0.2) is 78.6 Å². The molecule has 3 fully saturated rings. The molecule has 5 heterocycles. The number of hydrogen-bond donors (Lipinski definition) is 2. The van der Waals surface area contributed by atoms with E-state index in [0.717, 1.165) is 35.2 Å². The molecule has 278 valence electrons. The summed E-state index contributed by atoms with van der Waals surface area (Å²) >= 11 is 0. The molecule has 53 heavy (non-hydrogen) atoms. The van der Waals surface area contributed by atoms with Crippen molar-refractivity contribution in [2.45, 2.75) is 94.9 Å². The zero-order valence-electron chi connectivity index (χ0n) is 30.7. The molecule has 5 aliphatic rings. The predicted octanol–water partition coefficient (Wildman–Crippen LogP) is 4.62. The van der Waals surface area contributed by atoms with Crippen molar-refractivity contribution in [3.05, 3.63) is 89.0 Å². The van der Waals surface area contributed by atoms with Gasteiger partial charge in [-0.25, -0.2) is 0 Å². The first-order valence-corrected chi connectivity index (χ1v) is 22.0. The van der Waals surface area contributed by atoms with Crippen LogP contribution in [0.2, 0.25) is 18.6 Å². The molecular formula is C41H48N4O7Si. The number of amides is 4. The van der Waals surface area contributed by atoms with E-state index in [1.165, 1.54) is 0 Å². The van der Waals surface area contributed by atoms with Crippen molar-refractivity contribution in [3.8, 4) is 0 Å². The number of carbonyl (C=O) groups excluding carboxylic acids is 4. The molecule has 0 saturated carbocycles. The first-order valence-electron chi connectivity index (χ1n) is 18.9. The average Bonchev–Trinajstić information content (AvgIpc) is 3.89. The zero-order valence-corrected chi connectivity index (χ0v) is 31.7. The lowest BCUT2D eigenvalue weighted by atomic mass is 9.82. The first-order chi connectivity index (χ1) is 25.4. The molecule has 0 aromatic heterocycles. The van der Waals surface area contributed by atoms with Gasteiger partial charge in [0.05, 0.1) is 37.4 Å². The standard InChI is InChI=1S/C41H48N4O7Si/c1-26-39(53(2,3)51)35(22-38(49)44-24-29-11-5-4-10-28(29)20-32(44)25-46)52-41(26)33-21-31(43-18-8-14-37(43)48)15-16-34(33)45(40(41)50)23-27-9-6-12-30(19-27)42-17-7-13-36(42)47/h4-6,9-12,15-16,19,21,26,32,35,39,46,51H,7-8,13-14,17-18,20,22-25H2,1-3H3/t26-,32+,35+,39-,41+/m1/s1. The summed E-state index contributed by atoms with van der Waals surface area (Å²) in [4.78, 5) is 73.9. The van der Waals surface area contributed by atoms with Gasteiger partial charge in [0.15, 0.2) is 13.9 Å². The van der Waals surface area contributed by atoms with Crippen molar-refractivity contribution < 1.29 is 33.8 Å². The second-order valence-corrected chi connectivity index (χ2v) is 19.9. The van der Waals surface area contributed by atoms with Crippen molar-refractivity contribution in [2.24, 2.45) is 5.92 Å². The average molecular weight is 737 g/mol. The molecule has 11 nitrogen and oxygen atoms in total. The molecule has 12 heteroatoms. The number of hydrogen-bond acceptors (Lipinski definition) is 7. The van der Waals surface area contributed by atoms with Gasteiger partial charge in [-0.05, 0) is 79.4 Å². The summed E-state index contributed by atoms with van der Waals surface area (Å²) in [5, 5.41) is 10.4.